The van der Waals surface area contributed by atoms with Gasteiger partial charge >= 0.3 is 0 Å². The zero-order valence-electron chi connectivity index (χ0n) is 18.0. The number of unbranched alkanes of at least 4 members (excludes halogenated alkanes) is 3. The van der Waals surface area contributed by atoms with Crippen LogP contribution in [0.1, 0.15) is 38.2 Å². The first-order valence-corrected chi connectivity index (χ1v) is 10.8. The minimum absolute atomic E-state index is 0.0511. The van der Waals surface area contributed by atoms with Crippen LogP contribution in [0.2, 0.25) is 0 Å². The van der Waals surface area contributed by atoms with Gasteiger partial charge < -0.3 is 4.90 Å². The lowest BCUT2D eigenvalue weighted by molar-refractivity contribution is -0.384. The van der Waals surface area contributed by atoms with Crippen LogP contribution in [0.15, 0.2) is 52.7 Å². The summed E-state index contributed by atoms with van der Waals surface area (Å²) in [5, 5.41) is 19.2. The van der Waals surface area contributed by atoms with Crippen LogP contribution < -0.4 is 4.90 Å². The van der Waals surface area contributed by atoms with Crippen LogP contribution in [0.3, 0.4) is 0 Å². The molecular weight excluding hydrogens is 378 g/mol. The van der Waals surface area contributed by atoms with Crippen molar-refractivity contribution in [2.75, 3.05) is 37.6 Å². The van der Waals surface area contributed by atoms with E-state index in [1.165, 1.54) is 55.6 Å². The highest BCUT2D eigenvalue weighted by Gasteiger charge is 2.18. The fraction of sp³-hybridized carbons (Fsp3) is 0.478. The zero-order chi connectivity index (χ0) is 21.3. The van der Waals surface area contributed by atoms with E-state index < -0.39 is 4.92 Å². The van der Waals surface area contributed by atoms with Crippen LogP contribution in [0.4, 0.5) is 22.7 Å². The summed E-state index contributed by atoms with van der Waals surface area (Å²) in [5.41, 5.74) is 3.87. The molecule has 30 heavy (non-hydrogen) atoms. The van der Waals surface area contributed by atoms with Crippen LogP contribution in [0, 0.1) is 17.0 Å². The summed E-state index contributed by atoms with van der Waals surface area (Å²) in [6.45, 7) is 9.92. The third kappa shape index (κ3) is 6.10. The van der Waals surface area contributed by atoms with Crippen LogP contribution in [-0.4, -0.2) is 42.5 Å². The quantitative estimate of drug-likeness (QED) is 0.220. The van der Waals surface area contributed by atoms with Gasteiger partial charge in [-0.2, -0.15) is 10.2 Å². The van der Waals surface area contributed by atoms with E-state index in [2.05, 4.69) is 39.9 Å². The number of aryl methyl sites for hydroxylation is 1. The number of azo groups is 1. The lowest BCUT2D eigenvalue weighted by Gasteiger charge is -2.36. The van der Waals surface area contributed by atoms with Gasteiger partial charge in [-0.05, 0) is 55.8 Å². The molecule has 0 radical (unpaired) electrons. The summed E-state index contributed by atoms with van der Waals surface area (Å²) in [7, 11) is 0. The Morgan fingerprint density at radius 3 is 2.23 bits per heavy atom. The van der Waals surface area contributed by atoms with Crippen molar-refractivity contribution in [1.29, 1.82) is 0 Å². The molecule has 1 aliphatic rings. The molecule has 0 unspecified atom stereocenters. The van der Waals surface area contributed by atoms with Gasteiger partial charge in [0.15, 0.2) is 0 Å². The summed E-state index contributed by atoms with van der Waals surface area (Å²) >= 11 is 0. The van der Waals surface area contributed by atoms with Crippen molar-refractivity contribution in [3.8, 4) is 0 Å². The Morgan fingerprint density at radius 2 is 1.60 bits per heavy atom. The second-order valence-corrected chi connectivity index (χ2v) is 7.83. The molecule has 160 valence electrons. The van der Waals surface area contributed by atoms with E-state index in [9.17, 15) is 10.1 Å². The predicted octanol–water partition coefficient (Wildman–Crippen LogP) is 6.02. The van der Waals surface area contributed by atoms with Gasteiger partial charge in [0.05, 0.1) is 16.3 Å². The molecule has 7 heteroatoms. The van der Waals surface area contributed by atoms with Gasteiger partial charge in [0, 0.05) is 44.0 Å². The van der Waals surface area contributed by atoms with E-state index in [-0.39, 0.29) is 5.69 Å². The average Bonchev–Trinajstić information content (AvgIpc) is 2.76. The Kier molecular flexibility index (Phi) is 7.90. The van der Waals surface area contributed by atoms with Crippen LogP contribution in [0.5, 0.6) is 0 Å². The van der Waals surface area contributed by atoms with Crippen molar-refractivity contribution in [1.82, 2.24) is 4.90 Å². The molecule has 2 aromatic carbocycles. The van der Waals surface area contributed by atoms with Crippen molar-refractivity contribution in [2.24, 2.45) is 10.2 Å². The molecular formula is C23H31N5O2. The maximum atomic E-state index is 10.7. The minimum Gasteiger partial charge on any atom is -0.369 e. The third-order valence-corrected chi connectivity index (χ3v) is 5.56. The van der Waals surface area contributed by atoms with Gasteiger partial charge in [-0.3, -0.25) is 15.0 Å². The first-order chi connectivity index (χ1) is 14.6. The summed E-state index contributed by atoms with van der Waals surface area (Å²) < 4.78 is 0. The number of anilines is 1. The fourth-order valence-corrected chi connectivity index (χ4v) is 3.79. The van der Waals surface area contributed by atoms with Gasteiger partial charge in [-0.1, -0.05) is 26.2 Å². The average molecular weight is 410 g/mol. The normalized spacial score (nSPS) is 15.1. The van der Waals surface area contributed by atoms with E-state index in [1.807, 2.05) is 12.1 Å². The molecule has 3 rings (SSSR count). The number of hydrogen-bond donors (Lipinski definition) is 0. The topological polar surface area (TPSA) is 74.3 Å². The van der Waals surface area contributed by atoms with Crippen molar-refractivity contribution >= 4 is 22.7 Å². The maximum absolute atomic E-state index is 10.7. The van der Waals surface area contributed by atoms with Crippen molar-refractivity contribution in [3.63, 3.8) is 0 Å². The summed E-state index contributed by atoms with van der Waals surface area (Å²) in [4.78, 5) is 15.3. The number of piperazine rings is 1. The van der Waals surface area contributed by atoms with E-state index in [1.54, 1.807) is 12.1 Å². The molecule has 7 nitrogen and oxygen atoms in total. The summed E-state index contributed by atoms with van der Waals surface area (Å²) in [5.74, 6) is 0. The van der Waals surface area contributed by atoms with Crippen molar-refractivity contribution < 1.29 is 4.92 Å². The lowest BCUT2D eigenvalue weighted by Crippen LogP contribution is -2.46. The second kappa shape index (κ2) is 10.8. The molecule has 0 spiro atoms. The Hall–Kier alpha value is -2.80. The molecule has 0 saturated carbocycles. The lowest BCUT2D eigenvalue weighted by atomic mass is 10.1. The fourth-order valence-electron chi connectivity index (χ4n) is 3.79. The highest BCUT2D eigenvalue weighted by molar-refractivity contribution is 5.59. The van der Waals surface area contributed by atoms with Crippen molar-refractivity contribution in [2.45, 2.75) is 39.5 Å². The molecule has 0 aliphatic carbocycles. The number of rotatable bonds is 9. The van der Waals surface area contributed by atoms with E-state index in [0.717, 1.165) is 31.9 Å². The summed E-state index contributed by atoms with van der Waals surface area (Å²) in [6.07, 6.45) is 5.27. The molecule has 0 N–H and O–H groups in total. The SMILES string of the molecule is CCCCCCN1CCN(c2ccc(N=Nc3ccc([N+](=O)[O-])cc3)cc2C)CC1. The van der Waals surface area contributed by atoms with Crippen LogP contribution in [-0.2, 0) is 0 Å². The third-order valence-electron chi connectivity index (χ3n) is 5.56. The molecule has 1 fully saturated rings. The van der Waals surface area contributed by atoms with Gasteiger partial charge in [0.2, 0.25) is 0 Å². The predicted molar refractivity (Wildman–Crippen MR) is 121 cm³/mol. The number of nitro benzene ring substituents is 1. The van der Waals surface area contributed by atoms with Gasteiger partial charge in [0.1, 0.15) is 0 Å². The molecule has 1 saturated heterocycles. The standard InChI is InChI=1S/C23H31N5O2/c1-3-4-5-6-13-26-14-16-27(17-15-26)23-12-9-21(18-19(23)2)25-24-20-7-10-22(11-8-20)28(29)30/h7-12,18H,3-6,13-17H2,1-2H3. The summed E-state index contributed by atoms with van der Waals surface area (Å²) in [6, 6.07) is 12.2. The van der Waals surface area contributed by atoms with Crippen molar-refractivity contribution in [3.05, 3.63) is 58.1 Å². The molecule has 0 atom stereocenters. The smallest absolute Gasteiger partial charge is 0.269 e. The van der Waals surface area contributed by atoms with Gasteiger partial charge in [-0.25, -0.2) is 0 Å². The molecule has 0 aromatic heterocycles. The van der Waals surface area contributed by atoms with E-state index >= 15 is 0 Å². The monoisotopic (exact) mass is 409 g/mol. The maximum Gasteiger partial charge on any atom is 0.269 e. The minimum atomic E-state index is -0.421. The first kappa shape index (κ1) is 21.9. The van der Waals surface area contributed by atoms with E-state index in [0.29, 0.717) is 5.69 Å². The highest BCUT2D eigenvalue weighted by Crippen LogP contribution is 2.28. The molecule has 0 amide bonds. The Bertz CT molecular complexity index is 858. The second-order valence-electron chi connectivity index (χ2n) is 7.83. The van der Waals surface area contributed by atoms with Gasteiger partial charge in [0.25, 0.3) is 5.69 Å². The number of nitro groups is 1. The number of benzene rings is 2. The van der Waals surface area contributed by atoms with Crippen LogP contribution in [0.25, 0.3) is 0 Å². The number of non-ortho nitro benzene ring substituents is 1. The molecule has 2 aromatic rings. The van der Waals surface area contributed by atoms with Gasteiger partial charge in [-0.15, -0.1) is 0 Å². The Balaban J connectivity index is 1.54. The number of nitrogens with zero attached hydrogens (tertiary/aromatic N) is 5. The zero-order valence-corrected chi connectivity index (χ0v) is 18.0. The first-order valence-electron chi connectivity index (χ1n) is 10.8. The Labute approximate surface area is 178 Å². The van der Waals surface area contributed by atoms with Crippen LogP contribution >= 0.6 is 0 Å². The highest BCUT2D eigenvalue weighted by atomic mass is 16.6. The largest absolute Gasteiger partial charge is 0.369 e. The molecule has 1 aliphatic heterocycles. The number of hydrogen-bond acceptors (Lipinski definition) is 6. The van der Waals surface area contributed by atoms with E-state index in [4.69, 9.17) is 0 Å². The Morgan fingerprint density at radius 1 is 0.933 bits per heavy atom. The molecule has 1 heterocycles. The molecule has 0 bridgehead atoms.